The first-order chi connectivity index (χ1) is 8.15. The largest absolute Gasteiger partial charge is 0.466 e. The average molecular weight is 243 g/mol. The maximum absolute atomic E-state index is 11.1. The number of hydrogen-bond acceptors (Lipinski definition) is 3. The van der Waals surface area contributed by atoms with Crippen molar-refractivity contribution in [3.8, 4) is 0 Å². The van der Waals surface area contributed by atoms with E-state index in [1.807, 2.05) is 6.92 Å². The number of rotatable bonds is 10. The van der Waals surface area contributed by atoms with Gasteiger partial charge in [0.2, 0.25) is 0 Å². The van der Waals surface area contributed by atoms with Crippen LogP contribution in [0.5, 0.6) is 0 Å². The third-order valence-corrected chi connectivity index (χ3v) is 3.25. The van der Waals surface area contributed by atoms with Gasteiger partial charge in [-0.1, -0.05) is 20.3 Å². The molecule has 0 aliphatic heterocycles. The van der Waals surface area contributed by atoms with E-state index in [9.17, 15) is 4.79 Å². The van der Waals surface area contributed by atoms with E-state index in [1.54, 1.807) is 0 Å². The fourth-order valence-corrected chi connectivity index (χ4v) is 1.94. The van der Waals surface area contributed by atoms with Crippen molar-refractivity contribution in [1.29, 1.82) is 0 Å². The Labute approximate surface area is 107 Å². The van der Waals surface area contributed by atoms with Crippen LogP contribution < -0.4 is 0 Å². The summed E-state index contributed by atoms with van der Waals surface area (Å²) in [6.45, 7) is 11.3. The number of nitrogens with zero attached hydrogens (tertiary/aromatic N) is 1. The zero-order valence-electron chi connectivity index (χ0n) is 12.0. The number of carbonyl (C=O) groups is 1. The summed E-state index contributed by atoms with van der Waals surface area (Å²) in [7, 11) is 0. The molecule has 0 aromatic rings. The summed E-state index contributed by atoms with van der Waals surface area (Å²) >= 11 is 0. The minimum Gasteiger partial charge on any atom is -0.466 e. The highest BCUT2D eigenvalue weighted by molar-refractivity contribution is 5.69. The lowest BCUT2D eigenvalue weighted by molar-refractivity contribution is -0.143. The Morgan fingerprint density at radius 3 is 2.41 bits per heavy atom. The zero-order valence-corrected chi connectivity index (χ0v) is 12.0. The van der Waals surface area contributed by atoms with Crippen LogP contribution in [-0.4, -0.2) is 36.6 Å². The Morgan fingerprint density at radius 1 is 1.18 bits per heavy atom. The Morgan fingerprint density at radius 2 is 1.88 bits per heavy atom. The number of esters is 1. The molecule has 0 aliphatic rings. The first kappa shape index (κ1) is 16.4. The molecule has 0 saturated heterocycles. The maximum Gasteiger partial charge on any atom is 0.305 e. The molecule has 0 radical (unpaired) electrons. The fourth-order valence-electron chi connectivity index (χ4n) is 1.94. The molecule has 3 nitrogen and oxygen atoms in total. The summed E-state index contributed by atoms with van der Waals surface area (Å²) in [6.07, 6.45) is 5.03. The van der Waals surface area contributed by atoms with Crippen LogP contribution in [0, 0.1) is 0 Å². The lowest BCUT2D eigenvalue weighted by Crippen LogP contribution is -2.33. The molecular weight excluding hydrogens is 214 g/mol. The van der Waals surface area contributed by atoms with Crippen LogP contribution >= 0.6 is 0 Å². The van der Waals surface area contributed by atoms with E-state index in [4.69, 9.17) is 4.74 Å². The summed E-state index contributed by atoms with van der Waals surface area (Å²) in [6, 6.07) is 0.671. The van der Waals surface area contributed by atoms with Crippen molar-refractivity contribution < 1.29 is 9.53 Å². The second kappa shape index (κ2) is 10.6. The molecule has 0 saturated carbocycles. The molecule has 0 amide bonds. The van der Waals surface area contributed by atoms with E-state index in [2.05, 4.69) is 25.7 Å². The van der Waals surface area contributed by atoms with E-state index in [0.717, 1.165) is 25.9 Å². The minimum absolute atomic E-state index is 0.0539. The van der Waals surface area contributed by atoms with Crippen molar-refractivity contribution in [1.82, 2.24) is 4.90 Å². The van der Waals surface area contributed by atoms with Crippen LogP contribution in [0.4, 0.5) is 0 Å². The maximum atomic E-state index is 11.1. The predicted molar refractivity (Wildman–Crippen MR) is 72.1 cm³/mol. The number of hydrogen-bond donors (Lipinski definition) is 0. The highest BCUT2D eigenvalue weighted by atomic mass is 16.5. The lowest BCUT2D eigenvalue weighted by atomic mass is 10.1. The van der Waals surface area contributed by atoms with Crippen LogP contribution in [0.2, 0.25) is 0 Å². The van der Waals surface area contributed by atoms with Gasteiger partial charge in [-0.3, -0.25) is 4.79 Å². The van der Waals surface area contributed by atoms with Gasteiger partial charge in [-0.2, -0.15) is 0 Å². The Kier molecular flexibility index (Phi) is 10.2. The van der Waals surface area contributed by atoms with Crippen molar-refractivity contribution in [2.75, 3.05) is 19.7 Å². The van der Waals surface area contributed by atoms with Crippen LogP contribution in [0.25, 0.3) is 0 Å². The number of carbonyl (C=O) groups excluding carboxylic acids is 1. The lowest BCUT2D eigenvalue weighted by Gasteiger charge is -2.26. The van der Waals surface area contributed by atoms with Gasteiger partial charge in [-0.15, -0.1) is 0 Å². The first-order valence-corrected chi connectivity index (χ1v) is 7.05. The van der Waals surface area contributed by atoms with Gasteiger partial charge in [0.25, 0.3) is 0 Å². The molecule has 3 heteroatoms. The van der Waals surface area contributed by atoms with Crippen molar-refractivity contribution in [2.24, 2.45) is 0 Å². The highest BCUT2D eigenvalue weighted by Crippen LogP contribution is 2.07. The van der Waals surface area contributed by atoms with Crippen molar-refractivity contribution in [3.63, 3.8) is 0 Å². The smallest absolute Gasteiger partial charge is 0.305 e. The number of unbranched alkanes of at least 4 members (excludes halogenated alkanes) is 2. The van der Waals surface area contributed by atoms with Crippen molar-refractivity contribution in [3.05, 3.63) is 0 Å². The predicted octanol–water partition coefficient (Wildman–Crippen LogP) is 3.23. The van der Waals surface area contributed by atoms with E-state index < -0.39 is 0 Å². The van der Waals surface area contributed by atoms with Crippen LogP contribution in [-0.2, 0) is 9.53 Å². The highest BCUT2D eigenvalue weighted by Gasteiger charge is 2.09. The summed E-state index contributed by atoms with van der Waals surface area (Å²) < 4.78 is 4.90. The minimum atomic E-state index is -0.0539. The van der Waals surface area contributed by atoms with E-state index in [-0.39, 0.29) is 5.97 Å². The second-order valence-electron chi connectivity index (χ2n) is 4.50. The van der Waals surface area contributed by atoms with Crippen LogP contribution in [0.1, 0.15) is 59.8 Å². The summed E-state index contributed by atoms with van der Waals surface area (Å²) in [5.74, 6) is -0.0539. The van der Waals surface area contributed by atoms with Gasteiger partial charge in [-0.05, 0) is 46.2 Å². The molecule has 0 aliphatic carbocycles. The molecule has 1 unspecified atom stereocenters. The van der Waals surface area contributed by atoms with Gasteiger partial charge >= 0.3 is 5.97 Å². The molecule has 0 rings (SSSR count). The van der Waals surface area contributed by atoms with Gasteiger partial charge in [-0.25, -0.2) is 0 Å². The van der Waals surface area contributed by atoms with Gasteiger partial charge in [0.05, 0.1) is 6.61 Å². The molecule has 0 aromatic carbocycles. The topological polar surface area (TPSA) is 29.5 Å². The van der Waals surface area contributed by atoms with Crippen LogP contribution in [0.3, 0.4) is 0 Å². The van der Waals surface area contributed by atoms with Crippen molar-refractivity contribution in [2.45, 2.75) is 65.8 Å². The standard InChI is InChI=1S/C14H29NO2/c1-5-13(4)15(6-2)12-10-8-9-11-14(16)17-7-3/h13H,5-12H2,1-4H3. The Bertz CT molecular complexity index is 195. The summed E-state index contributed by atoms with van der Waals surface area (Å²) in [5.41, 5.74) is 0. The average Bonchev–Trinajstić information content (AvgIpc) is 2.33. The summed E-state index contributed by atoms with van der Waals surface area (Å²) in [4.78, 5) is 13.6. The monoisotopic (exact) mass is 243 g/mol. The molecule has 0 heterocycles. The van der Waals surface area contributed by atoms with Gasteiger partial charge in [0.15, 0.2) is 0 Å². The Hall–Kier alpha value is -0.570. The van der Waals surface area contributed by atoms with E-state index in [1.165, 1.54) is 12.8 Å². The van der Waals surface area contributed by atoms with Gasteiger partial charge in [0.1, 0.15) is 0 Å². The van der Waals surface area contributed by atoms with Gasteiger partial charge < -0.3 is 9.64 Å². The Balaban J connectivity index is 3.52. The SMILES string of the molecule is CCOC(=O)CCCCCN(CC)C(C)CC. The quantitative estimate of drug-likeness (QED) is 0.436. The van der Waals surface area contributed by atoms with E-state index in [0.29, 0.717) is 19.1 Å². The zero-order chi connectivity index (χ0) is 13.1. The first-order valence-electron chi connectivity index (χ1n) is 7.05. The third kappa shape index (κ3) is 8.19. The van der Waals surface area contributed by atoms with Gasteiger partial charge in [0, 0.05) is 12.5 Å². The molecule has 0 bridgehead atoms. The second-order valence-corrected chi connectivity index (χ2v) is 4.50. The molecular formula is C14H29NO2. The molecule has 0 spiro atoms. The molecule has 0 N–H and O–H groups in total. The fraction of sp³-hybridized carbons (Fsp3) is 0.929. The van der Waals surface area contributed by atoms with Crippen molar-refractivity contribution >= 4 is 5.97 Å². The molecule has 0 fully saturated rings. The molecule has 17 heavy (non-hydrogen) atoms. The summed E-state index contributed by atoms with van der Waals surface area (Å²) in [5, 5.41) is 0. The molecule has 102 valence electrons. The molecule has 1 atom stereocenters. The third-order valence-electron chi connectivity index (χ3n) is 3.25. The van der Waals surface area contributed by atoms with E-state index >= 15 is 0 Å². The molecule has 0 aromatic heterocycles. The van der Waals surface area contributed by atoms with Crippen LogP contribution in [0.15, 0.2) is 0 Å². The normalized spacial score (nSPS) is 12.8. The number of ether oxygens (including phenoxy) is 1.